The van der Waals surface area contributed by atoms with Gasteiger partial charge < -0.3 is 5.11 Å². The third-order valence-corrected chi connectivity index (χ3v) is 1.88. The van der Waals surface area contributed by atoms with E-state index < -0.39 is 23.8 Å². The van der Waals surface area contributed by atoms with Crippen molar-refractivity contribution in [2.75, 3.05) is 0 Å². The minimum atomic E-state index is -1.19. The van der Waals surface area contributed by atoms with Crippen LogP contribution in [0.25, 0.3) is 0 Å². The van der Waals surface area contributed by atoms with Crippen molar-refractivity contribution in [3.8, 4) is 0 Å². The number of hydrogen-bond acceptors (Lipinski definition) is 3. The molecule has 0 saturated carbocycles. The summed E-state index contributed by atoms with van der Waals surface area (Å²) in [5.41, 5.74) is 0.276. The predicted molar refractivity (Wildman–Crippen MR) is 42.7 cm³/mol. The molecule has 0 spiro atoms. The molecule has 1 aliphatic rings. The molecular weight excluding hydrogens is 174 g/mol. The van der Waals surface area contributed by atoms with E-state index in [1.165, 1.54) is 13.8 Å². The molecule has 1 rings (SSSR count). The van der Waals surface area contributed by atoms with Crippen LogP contribution in [0.4, 0.5) is 0 Å². The number of carbonyl (C=O) groups excluding carboxylic acids is 2. The Hall–Kier alpha value is -1.65. The molecule has 1 heterocycles. The molecule has 70 valence electrons. The Morgan fingerprint density at radius 3 is 2.38 bits per heavy atom. The Kier molecular flexibility index (Phi) is 2.18. The maximum absolute atomic E-state index is 11.2. The van der Waals surface area contributed by atoms with Crippen LogP contribution < -0.4 is 0 Å². The fourth-order valence-corrected chi connectivity index (χ4v) is 1.08. The van der Waals surface area contributed by atoms with E-state index >= 15 is 0 Å². The first kappa shape index (κ1) is 9.44. The molecule has 13 heavy (non-hydrogen) atoms. The fourth-order valence-electron chi connectivity index (χ4n) is 1.08. The number of carbonyl (C=O) groups is 3. The first-order valence-corrected chi connectivity index (χ1v) is 3.73. The van der Waals surface area contributed by atoms with Gasteiger partial charge in [-0.3, -0.25) is 14.5 Å². The molecule has 0 bridgehead atoms. The van der Waals surface area contributed by atoms with Gasteiger partial charge >= 0.3 is 5.97 Å². The minimum Gasteiger partial charge on any atom is -0.480 e. The van der Waals surface area contributed by atoms with Crippen molar-refractivity contribution in [1.82, 2.24) is 4.90 Å². The lowest BCUT2D eigenvalue weighted by Gasteiger charge is -2.18. The average Bonchev–Trinajstić information content (AvgIpc) is 2.26. The molecule has 2 amide bonds. The number of imide groups is 1. The van der Waals surface area contributed by atoms with E-state index in [1.54, 1.807) is 0 Å². The summed E-state index contributed by atoms with van der Waals surface area (Å²) in [6, 6.07) is -1.10. The van der Waals surface area contributed by atoms with Gasteiger partial charge in [0.05, 0.1) is 0 Å². The van der Waals surface area contributed by atoms with Crippen LogP contribution >= 0.6 is 0 Å². The van der Waals surface area contributed by atoms with E-state index in [4.69, 9.17) is 5.11 Å². The number of rotatable bonds is 2. The molecule has 0 radical (unpaired) electrons. The summed E-state index contributed by atoms with van der Waals surface area (Å²) < 4.78 is 0. The quantitative estimate of drug-likeness (QED) is 0.600. The largest absolute Gasteiger partial charge is 0.480 e. The molecule has 0 aliphatic carbocycles. The lowest BCUT2D eigenvalue weighted by atomic mass is 10.3. The summed E-state index contributed by atoms with van der Waals surface area (Å²) in [6.07, 6.45) is 1.14. The number of nitrogens with zero attached hydrogens (tertiary/aromatic N) is 1. The summed E-state index contributed by atoms with van der Waals surface area (Å²) in [5, 5.41) is 8.59. The van der Waals surface area contributed by atoms with Crippen LogP contribution in [-0.2, 0) is 14.4 Å². The van der Waals surface area contributed by atoms with Gasteiger partial charge in [0.2, 0.25) is 0 Å². The highest BCUT2D eigenvalue weighted by Crippen LogP contribution is 2.15. The van der Waals surface area contributed by atoms with Gasteiger partial charge in [0.1, 0.15) is 6.04 Å². The smallest absolute Gasteiger partial charge is 0.326 e. The SMILES string of the molecule is CC1=CC(=O)N([C@@H](C)C(=O)O)C1=O. The van der Waals surface area contributed by atoms with E-state index in [0.717, 1.165) is 11.0 Å². The first-order valence-electron chi connectivity index (χ1n) is 3.73. The normalized spacial score (nSPS) is 18.9. The van der Waals surface area contributed by atoms with Gasteiger partial charge in [0.15, 0.2) is 0 Å². The predicted octanol–water partition coefficient (Wildman–Crippen LogP) is -0.225. The van der Waals surface area contributed by atoms with Crippen LogP contribution in [0.3, 0.4) is 0 Å². The number of carboxylic acid groups (broad SMARTS) is 1. The summed E-state index contributed by atoms with van der Waals surface area (Å²) >= 11 is 0. The zero-order chi connectivity index (χ0) is 10.2. The van der Waals surface area contributed by atoms with E-state index in [1.807, 2.05) is 0 Å². The van der Waals surface area contributed by atoms with Crippen molar-refractivity contribution in [3.63, 3.8) is 0 Å². The van der Waals surface area contributed by atoms with Gasteiger partial charge in [-0.1, -0.05) is 0 Å². The zero-order valence-corrected chi connectivity index (χ0v) is 7.27. The van der Waals surface area contributed by atoms with Crippen LogP contribution in [-0.4, -0.2) is 33.8 Å². The number of hydrogen-bond donors (Lipinski definition) is 1. The van der Waals surface area contributed by atoms with E-state index in [0.29, 0.717) is 0 Å². The van der Waals surface area contributed by atoms with Gasteiger partial charge in [0, 0.05) is 11.6 Å². The van der Waals surface area contributed by atoms with E-state index in [2.05, 4.69) is 0 Å². The summed E-state index contributed by atoms with van der Waals surface area (Å²) in [4.78, 5) is 33.6. The maximum atomic E-state index is 11.2. The lowest BCUT2D eigenvalue weighted by Crippen LogP contribution is -2.43. The second-order valence-electron chi connectivity index (χ2n) is 2.85. The van der Waals surface area contributed by atoms with E-state index in [9.17, 15) is 14.4 Å². The van der Waals surface area contributed by atoms with Crippen LogP contribution in [0.1, 0.15) is 13.8 Å². The highest BCUT2D eigenvalue weighted by molar-refractivity contribution is 6.17. The lowest BCUT2D eigenvalue weighted by molar-refractivity contribution is -0.152. The third kappa shape index (κ3) is 1.44. The first-order chi connectivity index (χ1) is 5.95. The molecule has 0 unspecified atom stereocenters. The molecule has 0 fully saturated rings. The Bertz CT molecular complexity index is 318. The Labute approximate surface area is 74.6 Å². The average molecular weight is 183 g/mol. The van der Waals surface area contributed by atoms with Gasteiger partial charge in [0.25, 0.3) is 11.8 Å². The van der Waals surface area contributed by atoms with Crippen LogP contribution in [0.15, 0.2) is 11.6 Å². The maximum Gasteiger partial charge on any atom is 0.326 e. The molecule has 1 N–H and O–H groups in total. The van der Waals surface area contributed by atoms with Crippen molar-refractivity contribution < 1.29 is 19.5 Å². The summed E-state index contributed by atoms with van der Waals surface area (Å²) in [7, 11) is 0. The van der Waals surface area contributed by atoms with Crippen molar-refractivity contribution >= 4 is 17.8 Å². The number of amides is 2. The zero-order valence-electron chi connectivity index (χ0n) is 7.27. The van der Waals surface area contributed by atoms with Crippen molar-refractivity contribution in [1.29, 1.82) is 0 Å². The van der Waals surface area contributed by atoms with Gasteiger partial charge in [-0.15, -0.1) is 0 Å². The van der Waals surface area contributed by atoms with Crippen molar-refractivity contribution in [3.05, 3.63) is 11.6 Å². The second-order valence-corrected chi connectivity index (χ2v) is 2.85. The van der Waals surface area contributed by atoms with Crippen molar-refractivity contribution in [2.45, 2.75) is 19.9 Å². The highest BCUT2D eigenvalue weighted by Gasteiger charge is 2.35. The minimum absolute atomic E-state index is 0.276. The Morgan fingerprint density at radius 2 is 2.08 bits per heavy atom. The van der Waals surface area contributed by atoms with Gasteiger partial charge in [-0.05, 0) is 13.8 Å². The number of carboxylic acids is 1. The van der Waals surface area contributed by atoms with Crippen LogP contribution in [0, 0.1) is 0 Å². The Balaban J connectivity index is 2.91. The molecule has 0 aromatic carbocycles. The monoisotopic (exact) mass is 183 g/mol. The fraction of sp³-hybridized carbons (Fsp3) is 0.375. The third-order valence-electron chi connectivity index (χ3n) is 1.88. The highest BCUT2D eigenvalue weighted by atomic mass is 16.4. The summed E-state index contributed by atoms with van der Waals surface area (Å²) in [6.45, 7) is 2.78. The molecule has 0 aromatic rings. The standard InChI is InChI=1S/C8H9NO4/c1-4-3-6(10)9(7(4)11)5(2)8(12)13/h3,5H,1-2H3,(H,12,13)/t5-/m0/s1. The van der Waals surface area contributed by atoms with Gasteiger partial charge in [-0.25, -0.2) is 4.79 Å². The second kappa shape index (κ2) is 3.01. The van der Waals surface area contributed by atoms with Gasteiger partial charge in [-0.2, -0.15) is 0 Å². The molecule has 1 atom stereocenters. The summed E-state index contributed by atoms with van der Waals surface area (Å²) in [5.74, 6) is -2.28. The molecule has 0 aromatic heterocycles. The van der Waals surface area contributed by atoms with E-state index in [-0.39, 0.29) is 5.57 Å². The number of aliphatic carboxylic acids is 1. The molecule has 1 aliphatic heterocycles. The molecule has 5 heteroatoms. The molecule has 5 nitrogen and oxygen atoms in total. The topological polar surface area (TPSA) is 74.7 Å². The Morgan fingerprint density at radius 1 is 1.54 bits per heavy atom. The van der Waals surface area contributed by atoms with Crippen molar-refractivity contribution in [2.24, 2.45) is 0 Å². The molecule has 0 saturated heterocycles. The molecular formula is C8H9NO4. The van der Waals surface area contributed by atoms with Crippen LogP contribution in [0.5, 0.6) is 0 Å². The van der Waals surface area contributed by atoms with Crippen LogP contribution in [0.2, 0.25) is 0 Å².